The van der Waals surface area contributed by atoms with E-state index in [1.807, 2.05) is 20.2 Å². The van der Waals surface area contributed by atoms with Crippen molar-refractivity contribution >= 4 is 29.3 Å². The molecule has 0 aliphatic heterocycles. The lowest BCUT2D eigenvalue weighted by atomic mass is 10.2. The van der Waals surface area contributed by atoms with Gasteiger partial charge in [-0.2, -0.15) is 0 Å². The van der Waals surface area contributed by atoms with Crippen LogP contribution in [0.4, 0.5) is 11.4 Å². The second kappa shape index (κ2) is 8.59. The van der Waals surface area contributed by atoms with Crippen molar-refractivity contribution in [1.82, 2.24) is 9.88 Å². The Hall–Kier alpha value is -2.99. The molecule has 0 atom stereocenters. The number of hydrogen-bond donors (Lipinski definition) is 2. The van der Waals surface area contributed by atoms with E-state index in [1.165, 1.54) is 6.08 Å². The zero-order valence-corrected chi connectivity index (χ0v) is 13.7. The van der Waals surface area contributed by atoms with Gasteiger partial charge >= 0.3 is 0 Å². The summed E-state index contributed by atoms with van der Waals surface area (Å²) in [4.78, 5) is 29.3. The van der Waals surface area contributed by atoms with E-state index in [-0.39, 0.29) is 11.8 Å². The summed E-state index contributed by atoms with van der Waals surface area (Å²) in [5, 5.41) is 5.54. The maximum absolute atomic E-state index is 11.9. The molecule has 0 saturated carbocycles. The van der Waals surface area contributed by atoms with Gasteiger partial charge in [0.2, 0.25) is 11.8 Å². The molecule has 1 aromatic carbocycles. The van der Waals surface area contributed by atoms with Gasteiger partial charge in [-0.25, -0.2) is 0 Å². The Morgan fingerprint density at radius 3 is 2.33 bits per heavy atom. The summed E-state index contributed by atoms with van der Waals surface area (Å²) >= 11 is 0. The molecule has 0 aliphatic carbocycles. The first-order valence-electron chi connectivity index (χ1n) is 7.46. The van der Waals surface area contributed by atoms with Crippen molar-refractivity contribution in [2.75, 3.05) is 31.3 Å². The van der Waals surface area contributed by atoms with Crippen LogP contribution < -0.4 is 10.6 Å². The van der Waals surface area contributed by atoms with Gasteiger partial charge < -0.3 is 15.5 Å². The SMILES string of the molecule is CN(C)CC(=O)Nc1ccc(NC(=O)/C=C/c2cccnc2)cc1. The number of rotatable bonds is 6. The molecule has 0 aliphatic rings. The number of carbonyl (C=O) groups excluding carboxylic acids is 2. The van der Waals surface area contributed by atoms with Crippen LogP contribution in [0.2, 0.25) is 0 Å². The van der Waals surface area contributed by atoms with Crippen molar-refractivity contribution in [2.45, 2.75) is 0 Å². The summed E-state index contributed by atoms with van der Waals surface area (Å²) in [7, 11) is 3.66. The van der Waals surface area contributed by atoms with Crippen molar-refractivity contribution in [2.24, 2.45) is 0 Å². The topological polar surface area (TPSA) is 74.3 Å². The fourth-order valence-corrected chi connectivity index (χ4v) is 1.96. The van der Waals surface area contributed by atoms with E-state index < -0.39 is 0 Å². The van der Waals surface area contributed by atoms with Crippen LogP contribution in [-0.4, -0.2) is 42.3 Å². The van der Waals surface area contributed by atoms with E-state index in [4.69, 9.17) is 0 Å². The van der Waals surface area contributed by atoms with E-state index in [2.05, 4.69) is 15.6 Å². The number of nitrogens with one attached hydrogen (secondary N) is 2. The number of nitrogens with zero attached hydrogens (tertiary/aromatic N) is 2. The van der Waals surface area contributed by atoms with Gasteiger partial charge in [-0.15, -0.1) is 0 Å². The lowest BCUT2D eigenvalue weighted by molar-refractivity contribution is -0.116. The van der Waals surface area contributed by atoms with E-state index in [0.717, 1.165) is 5.56 Å². The Bertz CT molecular complexity index is 710. The molecule has 1 heterocycles. The maximum atomic E-state index is 11.9. The van der Waals surface area contributed by atoms with E-state index >= 15 is 0 Å². The number of anilines is 2. The Morgan fingerprint density at radius 2 is 1.75 bits per heavy atom. The molecule has 0 bridgehead atoms. The number of benzene rings is 1. The molecule has 0 spiro atoms. The molecule has 2 N–H and O–H groups in total. The number of pyridine rings is 1. The van der Waals surface area contributed by atoms with Gasteiger partial charge in [0.25, 0.3) is 0 Å². The summed E-state index contributed by atoms with van der Waals surface area (Å²) < 4.78 is 0. The summed E-state index contributed by atoms with van der Waals surface area (Å²) in [5.41, 5.74) is 2.19. The summed E-state index contributed by atoms with van der Waals surface area (Å²) in [6.07, 6.45) is 6.49. The fourth-order valence-electron chi connectivity index (χ4n) is 1.96. The van der Waals surface area contributed by atoms with Crippen LogP contribution >= 0.6 is 0 Å². The second-order valence-corrected chi connectivity index (χ2v) is 5.47. The molecule has 2 rings (SSSR count). The van der Waals surface area contributed by atoms with Crippen LogP contribution in [0.25, 0.3) is 6.08 Å². The molecule has 0 radical (unpaired) electrons. The molecule has 0 fully saturated rings. The molecule has 24 heavy (non-hydrogen) atoms. The molecule has 6 heteroatoms. The van der Waals surface area contributed by atoms with Crippen molar-refractivity contribution in [3.05, 3.63) is 60.4 Å². The molecule has 0 saturated heterocycles. The maximum Gasteiger partial charge on any atom is 0.248 e. The minimum Gasteiger partial charge on any atom is -0.325 e. The minimum absolute atomic E-state index is 0.0869. The number of likely N-dealkylation sites (N-methyl/N-ethyl adjacent to an activating group) is 1. The van der Waals surface area contributed by atoms with Crippen LogP contribution in [0.1, 0.15) is 5.56 Å². The van der Waals surface area contributed by atoms with Gasteiger partial charge in [0.1, 0.15) is 0 Å². The Kier molecular flexibility index (Phi) is 6.22. The normalized spacial score (nSPS) is 10.8. The molecule has 2 aromatic rings. The average molecular weight is 324 g/mol. The third-order valence-corrected chi connectivity index (χ3v) is 3.01. The molecular formula is C18H20N4O2. The third-order valence-electron chi connectivity index (χ3n) is 3.01. The Labute approximate surface area is 141 Å². The standard InChI is InChI=1S/C18H20N4O2/c1-22(2)13-18(24)21-16-8-6-15(7-9-16)20-17(23)10-5-14-4-3-11-19-12-14/h3-12H,13H2,1-2H3,(H,20,23)(H,21,24)/b10-5+. The quantitative estimate of drug-likeness (QED) is 0.799. The summed E-state index contributed by atoms with van der Waals surface area (Å²) in [6.45, 7) is 0.317. The highest BCUT2D eigenvalue weighted by atomic mass is 16.2. The van der Waals surface area contributed by atoms with Gasteiger partial charge in [-0.3, -0.25) is 14.6 Å². The van der Waals surface area contributed by atoms with Gasteiger partial charge in [-0.1, -0.05) is 6.07 Å². The van der Waals surface area contributed by atoms with Gasteiger partial charge in [0, 0.05) is 29.8 Å². The number of carbonyl (C=O) groups is 2. The van der Waals surface area contributed by atoms with Crippen LogP contribution in [0.15, 0.2) is 54.9 Å². The van der Waals surface area contributed by atoms with Crippen LogP contribution in [0, 0.1) is 0 Å². The first kappa shape index (κ1) is 17.4. The highest BCUT2D eigenvalue weighted by Crippen LogP contribution is 2.13. The first-order chi connectivity index (χ1) is 11.5. The monoisotopic (exact) mass is 324 g/mol. The summed E-state index contributed by atoms with van der Waals surface area (Å²) in [5.74, 6) is -0.320. The zero-order valence-electron chi connectivity index (χ0n) is 13.7. The molecule has 6 nitrogen and oxygen atoms in total. The molecule has 1 aromatic heterocycles. The van der Waals surface area contributed by atoms with Crippen LogP contribution in [-0.2, 0) is 9.59 Å². The van der Waals surface area contributed by atoms with Crippen molar-refractivity contribution < 1.29 is 9.59 Å². The van der Waals surface area contributed by atoms with Crippen molar-refractivity contribution in [1.29, 1.82) is 0 Å². The molecule has 2 amide bonds. The minimum atomic E-state index is -0.233. The predicted molar refractivity (Wildman–Crippen MR) is 95.5 cm³/mol. The van der Waals surface area contributed by atoms with Gasteiger partial charge in [0.15, 0.2) is 0 Å². The van der Waals surface area contributed by atoms with E-state index in [1.54, 1.807) is 53.7 Å². The second-order valence-electron chi connectivity index (χ2n) is 5.47. The number of hydrogen-bond acceptors (Lipinski definition) is 4. The van der Waals surface area contributed by atoms with Crippen LogP contribution in [0.5, 0.6) is 0 Å². The van der Waals surface area contributed by atoms with Gasteiger partial charge in [0.05, 0.1) is 6.54 Å². The smallest absolute Gasteiger partial charge is 0.248 e. The lowest BCUT2D eigenvalue weighted by Crippen LogP contribution is -2.27. The number of amides is 2. The molecular weight excluding hydrogens is 304 g/mol. The molecule has 124 valence electrons. The Balaban J connectivity index is 1.88. The van der Waals surface area contributed by atoms with Crippen molar-refractivity contribution in [3.63, 3.8) is 0 Å². The zero-order chi connectivity index (χ0) is 17.4. The highest BCUT2D eigenvalue weighted by Gasteiger charge is 2.04. The van der Waals surface area contributed by atoms with Gasteiger partial charge in [-0.05, 0) is 56.1 Å². The van der Waals surface area contributed by atoms with E-state index in [9.17, 15) is 9.59 Å². The van der Waals surface area contributed by atoms with Crippen LogP contribution in [0.3, 0.4) is 0 Å². The van der Waals surface area contributed by atoms with E-state index in [0.29, 0.717) is 17.9 Å². The summed E-state index contributed by atoms with van der Waals surface area (Å²) in [6, 6.07) is 10.6. The van der Waals surface area contributed by atoms with Crippen molar-refractivity contribution in [3.8, 4) is 0 Å². The molecule has 0 unspecified atom stereocenters. The third kappa shape index (κ3) is 6.02. The largest absolute Gasteiger partial charge is 0.325 e. The lowest BCUT2D eigenvalue weighted by Gasteiger charge is -2.10. The first-order valence-corrected chi connectivity index (χ1v) is 7.46. The predicted octanol–water partition coefficient (Wildman–Crippen LogP) is 2.23. The average Bonchev–Trinajstić information content (AvgIpc) is 2.55. The highest BCUT2D eigenvalue weighted by molar-refractivity contribution is 6.02. The fraction of sp³-hybridized carbons (Fsp3) is 0.167. The number of aromatic nitrogens is 1. The Morgan fingerprint density at radius 1 is 1.08 bits per heavy atom.